The molecule has 0 spiro atoms. The largest absolute Gasteiger partial charge is 3.00 e. The summed E-state index contributed by atoms with van der Waals surface area (Å²) in [6.07, 6.45) is 0. The molecule has 12 nitrogen and oxygen atoms in total. The van der Waals surface area contributed by atoms with Gasteiger partial charge in [0.2, 0.25) is 15.3 Å². The summed E-state index contributed by atoms with van der Waals surface area (Å²) in [6, 6.07) is 3.32. The zero-order valence-electron chi connectivity index (χ0n) is 14.3. The molecular weight excluding hydrogens is 549 g/mol. The summed E-state index contributed by atoms with van der Waals surface area (Å²) in [5.74, 6) is -2.20. The van der Waals surface area contributed by atoms with Crippen molar-refractivity contribution >= 4 is 53.4 Å². The number of halogens is 6. The van der Waals surface area contributed by atoms with Gasteiger partial charge in [0.1, 0.15) is 16.4 Å². The molecule has 1 aliphatic heterocycles. The minimum absolute atomic E-state index is 0. The van der Waals surface area contributed by atoms with Gasteiger partial charge < -0.3 is 28.8 Å². The van der Waals surface area contributed by atoms with Crippen LogP contribution in [0.25, 0.3) is 0 Å². The number of alkyl halides is 6. The van der Waals surface area contributed by atoms with Gasteiger partial charge in [0.05, 0.1) is 5.97 Å². The third-order valence-electron chi connectivity index (χ3n) is 2.51. The molecule has 2 rings (SSSR count). The van der Waals surface area contributed by atoms with Crippen LogP contribution in [0.15, 0.2) is 23.1 Å². The summed E-state index contributed by atoms with van der Waals surface area (Å²) in [5.41, 5.74) is -13.3. The number of carboxylic acids is 1. The second-order valence-electron chi connectivity index (χ2n) is 4.74. The normalized spacial score (nSPS) is 17.2. The molecule has 1 aromatic carbocycles. The van der Waals surface area contributed by atoms with Crippen molar-refractivity contribution in [3.8, 4) is 11.5 Å². The van der Waals surface area contributed by atoms with E-state index < -0.39 is 52.5 Å². The van der Waals surface area contributed by atoms with Crippen LogP contribution in [0.1, 0.15) is 0 Å². The van der Waals surface area contributed by atoms with Gasteiger partial charge in [-0.25, -0.2) is 25.3 Å². The number of aromatic hydroxyl groups is 1. The SMILES string of the molecule is O=C([O-])C1Oc2ccc(O)cc2S1(=O)=O.O=S(=O)([O-])C(F)(F)F.O=S(=O)([O-])C(F)(F)F.[Al+3]. The molecule has 1 aromatic rings. The van der Waals surface area contributed by atoms with E-state index in [4.69, 9.17) is 31.0 Å². The Morgan fingerprint density at radius 3 is 1.59 bits per heavy atom. The molecule has 1 aliphatic rings. The summed E-state index contributed by atoms with van der Waals surface area (Å²) in [4.78, 5) is 10.2. The first-order chi connectivity index (χ1) is 13.4. The van der Waals surface area contributed by atoms with Crippen molar-refractivity contribution in [2.75, 3.05) is 0 Å². The van der Waals surface area contributed by atoms with Crippen molar-refractivity contribution in [1.29, 1.82) is 0 Å². The van der Waals surface area contributed by atoms with Crippen LogP contribution in [0.5, 0.6) is 11.5 Å². The number of carbonyl (C=O) groups is 1. The average Bonchev–Trinajstić information content (AvgIpc) is 2.76. The predicted octanol–water partition coefficient (Wildman–Crippen LogP) is -1.64. The van der Waals surface area contributed by atoms with Crippen LogP contribution < -0.4 is 9.84 Å². The first-order valence-electron chi connectivity index (χ1n) is 6.41. The molecule has 0 saturated carbocycles. The van der Waals surface area contributed by atoms with Gasteiger partial charge in [-0.15, -0.1) is 0 Å². The second kappa shape index (κ2) is 10.4. The van der Waals surface area contributed by atoms with Gasteiger partial charge in [-0.1, -0.05) is 0 Å². The fourth-order valence-corrected chi connectivity index (χ4v) is 2.68. The number of hydrogen-bond acceptors (Lipinski definition) is 12. The number of carboxylic acid groups (broad SMARTS) is 1. The minimum Gasteiger partial charge on any atom is -0.741 e. The van der Waals surface area contributed by atoms with Crippen molar-refractivity contribution in [3.05, 3.63) is 18.2 Å². The Morgan fingerprint density at radius 1 is 0.969 bits per heavy atom. The van der Waals surface area contributed by atoms with Crippen molar-refractivity contribution in [2.24, 2.45) is 0 Å². The zero-order chi connectivity index (χ0) is 25.2. The van der Waals surface area contributed by atoms with E-state index in [0.29, 0.717) is 0 Å². The third kappa shape index (κ3) is 8.60. The molecule has 32 heavy (non-hydrogen) atoms. The molecule has 0 aromatic heterocycles. The maximum absolute atomic E-state index is 11.5. The predicted molar refractivity (Wildman–Crippen MR) is 82.0 cm³/mol. The number of benzene rings is 1. The van der Waals surface area contributed by atoms with Crippen molar-refractivity contribution in [1.82, 2.24) is 0 Å². The topological polar surface area (TPSA) is 218 Å². The van der Waals surface area contributed by atoms with Crippen molar-refractivity contribution in [3.63, 3.8) is 0 Å². The van der Waals surface area contributed by atoms with Crippen LogP contribution in [0, 0.1) is 0 Å². The van der Waals surface area contributed by atoms with Crippen molar-refractivity contribution < 1.29 is 80.4 Å². The molecule has 0 amide bonds. The monoisotopic (exact) mass is 554 g/mol. The minimum atomic E-state index is -6.09. The van der Waals surface area contributed by atoms with E-state index in [2.05, 4.69) is 4.74 Å². The second-order valence-corrected chi connectivity index (χ2v) is 9.44. The molecule has 0 aliphatic carbocycles. The van der Waals surface area contributed by atoms with Crippen LogP contribution in [0.2, 0.25) is 0 Å². The molecule has 1 atom stereocenters. The molecule has 0 radical (unpaired) electrons. The number of fused-ring (bicyclic) bond motifs is 1. The number of ether oxygens (including phenoxy) is 1. The van der Waals surface area contributed by atoms with E-state index in [1.807, 2.05) is 0 Å². The molecule has 0 fully saturated rings. The van der Waals surface area contributed by atoms with E-state index in [-0.39, 0.29) is 33.8 Å². The van der Waals surface area contributed by atoms with Crippen LogP contribution in [-0.2, 0) is 34.9 Å². The Kier molecular flexibility index (Phi) is 10.5. The number of sulfone groups is 1. The maximum atomic E-state index is 11.5. The molecule has 1 unspecified atom stereocenters. The summed E-state index contributed by atoms with van der Waals surface area (Å²) in [5, 5.41) is 19.6. The molecular formula is C10H5AlF6O12S3. The Balaban J connectivity index is 0. The fourth-order valence-electron chi connectivity index (χ4n) is 1.29. The maximum Gasteiger partial charge on any atom is 3.00 e. The van der Waals surface area contributed by atoms with E-state index >= 15 is 0 Å². The van der Waals surface area contributed by atoms with Crippen molar-refractivity contribution in [2.45, 2.75) is 21.3 Å². The number of aliphatic carboxylic acids is 1. The molecule has 1 heterocycles. The molecule has 1 N–H and O–H groups in total. The van der Waals surface area contributed by atoms with Crippen LogP contribution >= 0.6 is 0 Å². The number of rotatable bonds is 1. The van der Waals surface area contributed by atoms with Gasteiger partial charge in [0.15, 0.2) is 20.2 Å². The molecule has 0 bridgehead atoms. The summed E-state index contributed by atoms with van der Waals surface area (Å²) in [6.45, 7) is 0. The van der Waals surface area contributed by atoms with Gasteiger partial charge in [-0.2, -0.15) is 26.3 Å². The summed E-state index contributed by atoms with van der Waals surface area (Å²) >= 11 is 0. The number of phenolic OH excluding ortho intramolecular Hbond substituents is 1. The van der Waals surface area contributed by atoms with E-state index in [1.165, 1.54) is 12.1 Å². The van der Waals surface area contributed by atoms with Gasteiger partial charge >= 0.3 is 28.4 Å². The van der Waals surface area contributed by atoms with Gasteiger partial charge in [0.25, 0.3) is 0 Å². The summed E-state index contributed by atoms with van der Waals surface area (Å²) < 4.78 is 146. The van der Waals surface area contributed by atoms with Gasteiger partial charge in [0, 0.05) is 6.07 Å². The fraction of sp³-hybridized carbons (Fsp3) is 0.300. The Morgan fingerprint density at radius 2 is 1.31 bits per heavy atom. The Hall–Kier alpha value is -1.83. The third-order valence-corrected chi connectivity index (χ3v) is 5.43. The number of phenols is 1. The van der Waals surface area contributed by atoms with Gasteiger partial charge in [-0.05, 0) is 12.1 Å². The summed E-state index contributed by atoms with van der Waals surface area (Å²) in [7, 11) is -16.3. The van der Waals surface area contributed by atoms with Crippen LogP contribution in [-0.4, -0.2) is 79.2 Å². The molecule has 0 saturated heterocycles. The quantitative estimate of drug-likeness (QED) is 0.179. The Labute approximate surface area is 185 Å². The zero-order valence-corrected chi connectivity index (χ0v) is 17.9. The smallest absolute Gasteiger partial charge is 0.741 e. The molecule has 180 valence electrons. The van der Waals surface area contributed by atoms with E-state index in [0.717, 1.165) is 6.07 Å². The number of hydrogen-bond donors (Lipinski definition) is 1. The van der Waals surface area contributed by atoms with Crippen LogP contribution in [0.4, 0.5) is 26.3 Å². The number of carbonyl (C=O) groups excluding carboxylic acids is 1. The molecule has 22 heteroatoms. The average molecular weight is 554 g/mol. The standard InChI is InChI=1S/C8H6O6S.2CHF3O3S.Al/c9-4-1-2-5-6(3-4)15(12,13)8(14-5)7(10)11;2*2-1(3,4)8(5,6)7;/h1-3,8-9H,(H,10,11);2*(H,5,6,7);/q;;;+3/p-3. The van der Waals surface area contributed by atoms with E-state index in [9.17, 15) is 44.7 Å². The van der Waals surface area contributed by atoms with Gasteiger partial charge in [-0.3, -0.25) is 0 Å². The Bertz CT molecular complexity index is 1100. The van der Waals surface area contributed by atoms with Crippen LogP contribution in [0.3, 0.4) is 0 Å². The first kappa shape index (κ1) is 32.4. The van der Waals surface area contributed by atoms with E-state index in [1.54, 1.807) is 0 Å². The first-order valence-corrected chi connectivity index (χ1v) is 10.8.